The molecule has 0 bridgehead atoms. The molecule has 1 aliphatic heterocycles. The zero-order valence-corrected chi connectivity index (χ0v) is 13.9. The molecule has 1 aliphatic rings. The van der Waals surface area contributed by atoms with Crippen LogP contribution in [0.15, 0.2) is 0 Å². The van der Waals surface area contributed by atoms with Gasteiger partial charge in [-0.1, -0.05) is 13.8 Å². The van der Waals surface area contributed by atoms with E-state index in [-0.39, 0.29) is 42.6 Å². The lowest BCUT2D eigenvalue weighted by atomic mass is 9.80. The molecule has 20 heavy (non-hydrogen) atoms. The third-order valence-corrected chi connectivity index (χ3v) is 4.53. The van der Waals surface area contributed by atoms with Crippen LogP contribution >= 0.6 is 8.15 Å². The van der Waals surface area contributed by atoms with E-state index in [2.05, 4.69) is 12.2 Å². The quantitative estimate of drug-likeness (QED) is 0.761. The zero-order valence-electron chi connectivity index (χ0n) is 15.0. The van der Waals surface area contributed by atoms with Crippen LogP contribution in [-0.2, 0) is 18.8 Å². The van der Waals surface area contributed by atoms with Crippen LogP contribution in [0.1, 0.15) is 23.5 Å². The van der Waals surface area contributed by atoms with Crippen LogP contribution in [0, 0.1) is 11.8 Å². The maximum Gasteiger partial charge on any atom is 0.217 e. The van der Waals surface area contributed by atoms with E-state index in [0.717, 1.165) is 0 Å². The van der Waals surface area contributed by atoms with E-state index in [1.807, 2.05) is 20.3 Å². The third-order valence-electron chi connectivity index (χ3n) is 3.86. The Balaban J connectivity index is 2.77. The summed E-state index contributed by atoms with van der Waals surface area (Å²) in [6.07, 6.45) is -0.449. The van der Waals surface area contributed by atoms with Gasteiger partial charge in [0.1, 0.15) is 6.10 Å². The maximum atomic E-state index is 11.5. The van der Waals surface area contributed by atoms with Gasteiger partial charge in [-0.05, 0) is 25.2 Å². The van der Waals surface area contributed by atoms with E-state index in [1.54, 1.807) is 0 Å². The molecule has 1 fully saturated rings. The first-order chi connectivity index (χ1) is 10.2. The summed E-state index contributed by atoms with van der Waals surface area (Å²) >= 11 is 0. The molecule has 0 aromatic rings. The van der Waals surface area contributed by atoms with Crippen molar-refractivity contribution in [1.82, 2.24) is 5.32 Å². The number of carbonyl (C=O) groups is 1. The summed E-state index contributed by atoms with van der Waals surface area (Å²) in [7, 11) is -1.82. The minimum absolute atomic E-state index is 0.0833. The van der Waals surface area contributed by atoms with Crippen LogP contribution in [-0.4, -0.2) is 57.8 Å². The molecule has 0 aromatic carbocycles. The normalized spacial score (nSPS) is 37.2. The van der Waals surface area contributed by atoms with Gasteiger partial charge in [0.2, 0.25) is 5.91 Å². The van der Waals surface area contributed by atoms with E-state index < -0.39 is 15.2 Å². The van der Waals surface area contributed by atoms with Gasteiger partial charge >= 0.3 is 0 Å². The molecule has 5 nitrogen and oxygen atoms in total. The minimum atomic E-state index is -1.31. The summed E-state index contributed by atoms with van der Waals surface area (Å²) in [6.45, 7) is 10.3. The van der Waals surface area contributed by atoms with Crippen molar-refractivity contribution in [2.24, 2.45) is 11.8 Å². The molecule has 0 saturated carbocycles. The molecular formula is C14H28NO4P. The topological polar surface area (TPSA) is 56.8 Å². The van der Waals surface area contributed by atoms with Gasteiger partial charge in [-0.15, -0.1) is 0 Å². The first-order valence-corrected chi connectivity index (χ1v) is 9.06. The molecule has 1 saturated heterocycles. The Bertz CT molecular complexity index is 360. The molecule has 0 spiro atoms. The van der Waals surface area contributed by atoms with E-state index in [4.69, 9.17) is 16.7 Å². The van der Waals surface area contributed by atoms with Gasteiger partial charge in [0.25, 0.3) is 0 Å². The Kier molecular flexibility index (Phi) is 6.09. The van der Waals surface area contributed by atoms with Gasteiger partial charge in [-0.25, -0.2) is 0 Å². The molecule has 118 valence electrons. The highest BCUT2D eigenvalue weighted by molar-refractivity contribution is 7.50. The van der Waals surface area contributed by atoms with Gasteiger partial charge in [0.05, 0.1) is 28.1 Å². The second-order valence-corrected chi connectivity index (χ2v) is 7.48. The standard InChI is InChI=1S/C14H28NO4P/c1-9-10(2)14(15-11(3)16)13(8-18-20(5)6)19-12(9)7-17-4/h9-10,12-14H,7-8H2,1-6H3,(H,15,16)/t9-,10-,12+,13-,14+/m0/s1/i4TD/t4?,9-,10-,12+,13-,14+. The van der Waals surface area contributed by atoms with Crippen molar-refractivity contribution in [3.63, 3.8) is 0 Å². The van der Waals surface area contributed by atoms with Crippen molar-refractivity contribution in [1.29, 1.82) is 0 Å². The Hall–Kier alpha value is -0.220. The molecule has 1 amide bonds. The second-order valence-electron chi connectivity index (χ2n) is 5.60. The monoisotopic (exact) mass is 308 g/mol. The van der Waals surface area contributed by atoms with Crippen LogP contribution in [0.2, 0.25) is 0 Å². The molecule has 1 unspecified atom stereocenters. The number of hydrogen-bond acceptors (Lipinski definition) is 4. The van der Waals surface area contributed by atoms with E-state index in [0.29, 0.717) is 6.61 Å². The highest BCUT2D eigenvalue weighted by Crippen LogP contribution is 2.33. The average molecular weight is 308 g/mol. The van der Waals surface area contributed by atoms with E-state index >= 15 is 0 Å². The minimum Gasteiger partial charge on any atom is -0.382 e. The summed E-state index contributed by atoms with van der Waals surface area (Å²) in [5, 5.41) is 2.97. The molecule has 0 aliphatic carbocycles. The highest BCUT2D eigenvalue weighted by atomic mass is 31.1. The molecule has 0 radical (unpaired) electrons. The number of hydrogen-bond donors (Lipinski definition) is 1. The number of rotatable bonds is 6. The van der Waals surface area contributed by atoms with Crippen LogP contribution in [0.5, 0.6) is 0 Å². The molecule has 0 aromatic heterocycles. The average Bonchev–Trinajstić information content (AvgIpc) is 2.41. The summed E-state index contributed by atoms with van der Waals surface area (Å²) < 4.78 is 31.1. The number of methoxy groups -OCH3 is 1. The lowest BCUT2D eigenvalue weighted by molar-refractivity contribution is -0.154. The lowest BCUT2D eigenvalue weighted by Gasteiger charge is -2.45. The van der Waals surface area contributed by atoms with Crippen molar-refractivity contribution in [3.05, 3.63) is 0 Å². The predicted octanol–water partition coefficient (Wildman–Crippen LogP) is 1.85. The second kappa shape index (κ2) is 8.28. The number of amides is 1. The van der Waals surface area contributed by atoms with Gasteiger partial charge in [-0.3, -0.25) is 4.79 Å². The van der Waals surface area contributed by atoms with Gasteiger partial charge in [0.15, 0.2) is 0 Å². The Morgan fingerprint density at radius 1 is 1.40 bits per heavy atom. The smallest absolute Gasteiger partial charge is 0.217 e. The molecule has 1 rings (SSSR count). The summed E-state index contributed by atoms with van der Waals surface area (Å²) in [6, 6.07) is -0.110. The van der Waals surface area contributed by atoms with Crippen LogP contribution in [0.25, 0.3) is 0 Å². The van der Waals surface area contributed by atoms with E-state index in [1.165, 1.54) is 6.92 Å². The van der Waals surface area contributed by atoms with Crippen LogP contribution in [0.3, 0.4) is 0 Å². The molecule has 1 heterocycles. The number of nitrogens with one attached hydrogen (secondary N) is 1. The number of ether oxygens (including phenoxy) is 2. The van der Waals surface area contributed by atoms with Crippen molar-refractivity contribution in [2.75, 3.05) is 33.6 Å². The van der Waals surface area contributed by atoms with E-state index in [9.17, 15) is 4.79 Å². The summed E-state index contributed by atoms with van der Waals surface area (Å²) in [4.78, 5) is 11.5. The largest absolute Gasteiger partial charge is 0.382 e. The van der Waals surface area contributed by atoms with Gasteiger partial charge < -0.3 is 19.3 Å². The van der Waals surface area contributed by atoms with Gasteiger partial charge in [0, 0.05) is 22.1 Å². The van der Waals surface area contributed by atoms with Crippen molar-refractivity contribution in [3.8, 4) is 0 Å². The Morgan fingerprint density at radius 2 is 2.10 bits per heavy atom. The fraction of sp³-hybridized carbons (Fsp3) is 0.929. The van der Waals surface area contributed by atoms with Gasteiger partial charge in [-0.2, -0.15) is 0 Å². The molecular weight excluding hydrogens is 277 g/mol. The summed E-state index contributed by atoms with van der Waals surface area (Å²) in [5.41, 5.74) is 0. The fourth-order valence-electron chi connectivity index (χ4n) is 2.55. The van der Waals surface area contributed by atoms with Crippen molar-refractivity contribution < 1.29 is 21.5 Å². The van der Waals surface area contributed by atoms with Crippen molar-refractivity contribution >= 4 is 14.1 Å². The maximum absolute atomic E-state index is 11.5. The van der Waals surface area contributed by atoms with Crippen molar-refractivity contribution in [2.45, 2.75) is 39.0 Å². The summed E-state index contributed by atoms with van der Waals surface area (Å²) in [5.74, 6) is 0.256. The Labute approximate surface area is 126 Å². The third kappa shape index (κ3) is 4.96. The van der Waals surface area contributed by atoms with Crippen LogP contribution < -0.4 is 5.32 Å². The Morgan fingerprint density at radius 3 is 2.65 bits per heavy atom. The predicted molar refractivity (Wildman–Crippen MR) is 81.2 cm³/mol. The fourth-order valence-corrected chi connectivity index (χ4v) is 2.99. The molecule has 1 N–H and O–H groups in total. The first-order valence-electron chi connectivity index (χ1n) is 8.06. The first kappa shape index (κ1) is 14.7. The van der Waals surface area contributed by atoms with Crippen LogP contribution in [0.4, 0.5) is 0 Å². The lowest BCUT2D eigenvalue weighted by Crippen LogP contribution is -2.58. The SMILES string of the molecule is [2H]C([3H])OC[C@H]1O[C@@H](COP(C)C)[C@H](NC(C)=O)[C@@H](C)[C@@H]1C. The highest BCUT2D eigenvalue weighted by Gasteiger charge is 2.41. The molecule has 6 heteroatoms. The number of carbonyl (C=O) groups excluding carboxylic acids is 1. The zero-order chi connectivity index (χ0) is 16.9. The molecule has 6 atom stereocenters.